The van der Waals surface area contributed by atoms with Crippen LogP contribution in [0.5, 0.6) is 0 Å². The van der Waals surface area contributed by atoms with Gasteiger partial charge in [-0.25, -0.2) is 8.42 Å². The lowest BCUT2D eigenvalue weighted by Crippen LogP contribution is -2.40. The average molecular weight is 462 g/mol. The predicted molar refractivity (Wildman–Crippen MR) is 128 cm³/mol. The van der Waals surface area contributed by atoms with Crippen molar-refractivity contribution in [3.05, 3.63) is 59.7 Å². The molecule has 0 bridgehead atoms. The minimum absolute atomic E-state index is 0.246. The average Bonchev–Trinajstić information content (AvgIpc) is 2.76. The molecule has 0 saturated carbocycles. The van der Waals surface area contributed by atoms with Crippen molar-refractivity contribution in [1.29, 1.82) is 0 Å². The van der Waals surface area contributed by atoms with E-state index in [-0.39, 0.29) is 12.5 Å². The summed E-state index contributed by atoms with van der Waals surface area (Å²) in [7, 11) is -3.59. The Balaban J connectivity index is 1.60. The fourth-order valence-electron chi connectivity index (χ4n) is 3.77. The van der Waals surface area contributed by atoms with Crippen LogP contribution >= 0.6 is 11.8 Å². The maximum absolute atomic E-state index is 12.6. The van der Waals surface area contributed by atoms with E-state index < -0.39 is 10.0 Å². The highest BCUT2D eigenvalue weighted by molar-refractivity contribution is 7.98. The highest BCUT2D eigenvalue weighted by atomic mass is 32.2. The topological polar surface area (TPSA) is 69.7 Å². The van der Waals surface area contributed by atoms with E-state index in [1.165, 1.54) is 36.6 Å². The Morgan fingerprint density at radius 3 is 2.48 bits per heavy atom. The Morgan fingerprint density at radius 1 is 1.06 bits per heavy atom. The van der Waals surface area contributed by atoms with Gasteiger partial charge >= 0.3 is 0 Å². The van der Waals surface area contributed by atoms with Crippen LogP contribution in [0.2, 0.25) is 0 Å². The summed E-state index contributed by atoms with van der Waals surface area (Å²) in [6.45, 7) is 3.33. The molecule has 8 heteroatoms. The van der Waals surface area contributed by atoms with Gasteiger partial charge < -0.3 is 5.32 Å². The molecule has 168 valence electrons. The van der Waals surface area contributed by atoms with Gasteiger partial charge in [-0.3, -0.25) is 14.0 Å². The third-order valence-electron chi connectivity index (χ3n) is 5.36. The molecule has 1 saturated heterocycles. The van der Waals surface area contributed by atoms with Gasteiger partial charge in [-0.15, -0.1) is 11.8 Å². The van der Waals surface area contributed by atoms with E-state index in [9.17, 15) is 13.2 Å². The van der Waals surface area contributed by atoms with Crippen LogP contribution in [0.4, 0.5) is 5.69 Å². The Kier molecular flexibility index (Phi) is 8.40. The monoisotopic (exact) mass is 461 g/mol. The second kappa shape index (κ2) is 11.0. The molecule has 1 heterocycles. The molecule has 6 nitrogen and oxygen atoms in total. The third-order valence-corrected chi connectivity index (χ3v) is 7.23. The fraction of sp³-hybridized carbons (Fsp3) is 0.435. The van der Waals surface area contributed by atoms with E-state index in [1.54, 1.807) is 18.2 Å². The first-order valence-corrected chi connectivity index (χ1v) is 13.6. The quantitative estimate of drug-likeness (QED) is 0.579. The molecule has 2 aromatic rings. The minimum atomic E-state index is -3.59. The number of sulfonamides is 1. The highest BCUT2D eigenvalue weighted by Gasteiger charge is 2.21. The van der Waals surface area contributed by atoms with Crippen molar-refractivity contribution in [1.82, 2.24) is 10.2 Å². The second-order valence-corrected chi connectivity index (χ2v) is 10.7. The summed E-state index contributed by atoms with van der Waals surface area (Å²) in [5.74, 6) is -0.332. The number of carbonyl (C=O) groups excluding carboxylic acids is 1. The van der Waals surface area contributed by atoms with Gasteiger partial charge in [0.2, 0.25) is 15.9 Å². The molecule has 31 heavy (non-hydrogen) atoms. The van der Waals surface area contributed by atoms with Crippen LogP contribution in [0, 0.1) is 0 Å². The van der Waals surface area contributed by atoms with Crippen LogP contribution in [0.15, 0.2) is 53.4 Å². The molecule has 2 aromatic carbocycles. The zero-order valence-electron chi connectivity index (χ0n) is 18.2. The first-order chi connectivity index (χ1) is 14.8. The number of nitrogens with zero attached hydrogens (tertiary/aromatic N) is 2. The molecule has 0 radical (unpaired) electrons. The lowest BCUT2D eigenvalue weighted by atomic mass is 10.1. The Bertz CT molecular complexity index is 989. The summed E-state index contributed by atoms with van der Waals surface area (Å²) in [4.78, 5) is 16.0. The van der Waals surface area contributed by atoms with Gasteiger partial charge in [0.25, 0.3) is 0 Å². The number of amides is 1. The maximum atomic E-state index is 12.6. The number of carbonyl (C=O) groups is 1. The molecule has 0 unspecified atom stereocenters. The minimum Gasteiger partial charge on any atom is -0.350 e. The van der Waals surface area contributed by atoms with Crippen molar-refractivity contribution >= 4 is 33.4 Å². The second-order valence-electron chi connectivity index (χ2n) is 7.90. The number of thioether (sulfide) groups is 1. The Hall–Kier alpha value is -2.03. The SMILES string of the molecule is CSc1cccc(N(CC(=O)NCc2cccc(CN3CCCCC3)c2)S(C)(=O)=O)c1. The van der Waals surface area contributed by atoms with Crippen molar-refractivity contribution < 1.29 is 13.2 Å². The van der Waals surface area contributed by atoms with Crippen LogP contribution in [0.25, 0.3) is 0 Å². The van der Waals surface area contributed by atoms with E-state index in [4.69, 9.17) is 0 Å². The number of hydrogen-bond acceptors (Lipinski definition) is 5. The van der Waals surface area contributed by atoms with E-state index in [0.717, 1.165) is 40.7 Å². The van der Waals surface area contributed by atoms with Gasteiger partial charge in [-0.05, 0) is 61.5 Å². The van der Waals surface area contributed by atoms with Crippen molar-refractivity contribution in [3.8, 4) is 0 Å². The largest absolute Gasteiger partial charge is 0.350 e. The normalized spacial score (nSPS) is 14.9. The van der Waals surface area contributed by atoms with Crippen molar-refractivity contribution in [3.63, 3.8) is 0 Å². The summed E-state index contributed by atoms with van der Waals surface area (Å²) < 4.78 is 25.8. The Morgan fingerprint density at radius 2 is 1.77 bits per heavy atom. The van der Waals surface area contributed by atoms with E-state index >= 15 is 0 Å². The molecular formula is C23H31N3O3S2. The van der Waals surface area contributed by atoms with Crippen molar-refractivity contribution in [2.45, 2.75) is 37.2 Å². The lowest BCUT2D eigenvalue weighted by molar-refractivity contribution is -0.119. The zero-order chi connectivity index (χ0) is 22.3. The number of rotatable bonds is 9. The number of anilines is 1. The van der Waals surface area contributed by atoms with Crippen LogP contribution in [-0.2, 0) is 27.9 Å². The zero-order valence-corrected chi connectivity index (χ0v) is 19.8. The smallest absolute Gasteiger partial charge is 0.241 e. The summed E-state index contributed by atoms with van der Waals surface area (Å²) in [6.07, 6.45) is 6.87. The molecular weight excluding hydrogens is 430 g/mol. The van der Waals surface area contributed by atoms with Gasteiger partial charge in [0, 0.05) is 18.0 Å². The summed E-state index contributed by atoms with van der Waals surface area (Å²) >= 11 is 1.53. The van der Waals surface area contributed by atoms with Crippen LogP contribution in [-0.4, -0.2) is 51.4 Å². The fourth-order valence-corrected chi connectivity index (χ4v) is 5.07. The van der Waals surface area contributed by atoms with Gasteiger partial charge in [-0.2, -0.15) is 0 Å². The number of nitrogens with one attached hydrogen (secondary N) is 1. The first-order valence-electron chi connectivity index (χ1n) is 10.5. The number of benzene rings is 2. The molecule has 0 atom stereocenters. The molecule has 1 fully saturated rings. The van der Waals surface area contributed by atoms with Crippen molar-refractivity contribution in [2.75, 3.05) is 36.5 Å². The molecule has 1 N–H and O–H groups in total. The van der Waals surface area contributed by atoms with Crippen LogP contribution in [0.1, 0.15) is 30.4 Å². The number of hydrogen-bond donors (Lipinski definition) is 1. The molecule has 0 spiro atoms. The summed E-state index contributed by atoms with van der Waals surface area (Å²) in [5, 5.41) is 2.87. The number of piperidine rings is 1. The molecule has 1 aliphatic rings. The molecule has 1 amide bonds. The predicted octanol–water partition coefficient (Wildman–Crippen LogP) is 3.48. The van der Waals surface area contributed by atoms with Gasteiger partial charge in [-0.1, -0.05) is 36.8 Å². The highest BCUT2D eigenvalue weighted by Crippen LogP contribution is 2.23. The summed E-state index contributed by atoms with van der Waals surface area (Å²) in [6, 6.07) is 15.4. The van der Waals surface area contributed by atoms with E-state index in [0.29, 0.717) is 12.2 Å². The number of likely N-dealkylation sites (tertiary alicyclic amines) is 1. The van der Waals surface area contributed by atoms with Crippen LogP contribution in [0.3, 0.4) is 0 Å². The maximum Gasteiger partial charge on any atom is 0.241 e. The van der Waals surface area contributed by atoms with E-state index in [1.807, 2.05) is 24.5 Å². The van der Waals surface area contributed by atoms with Gasteiger partial charge in [0.05, 0.1) is 11.9 Å². The Labute approximate surface area is 190 Å². The third kappa shape index (κ3) is 7.26. The standard InChI is InChI=1S/C23H31N3O3S2/c1-30-22-11-7-10-21(15-22)26(31(2,28)29)18-23(27)24-16-19-8-6-9-20(14-19)17-25-12-4-3-5-13-25/h6-11,14-15H,3-5,12-13,16-18H2,1-2H3,(H,24,27). The summed E-state index contributed by atoms with van der Waals surface area (Å²) in [5.41, 5.74) is 2.74. The van der Waals surface area contributed by atoms with E-state index in [2.05, 4.69) is 22.3 Å². The molecule has 0 aromatic heterocycles. The van der Waals surface area contributed by atoms with Gasteiger partial charge in [0.15, 0.2) is 0 Å². The molecule has 1 aliphatic heterocycles. The lowest BCUT2D eigenvalue weighted by Gasteiger charge is -2.26. The molecule has 3 rings (SSSR count). The first kappa shape index (κ1) is 23.6. The van der Waals surface area contributed by atoms with Crippen molar-refractivity contribution in [2.24, 2.45) is 0 Å². The van der Waals surface area contributed by atoms with Gasteiger partial charge in [0.1, 0.15) is 6.54 Å². The molecule has 0 aliphatic carbocycles. The van der Waals surface area contributed by atoms with Crippen LogP contribution < -0.4 is 9.62 Å².